The highest BCUT2D eigenvalue weighted by atomic mass is 32.2. The van der Waals surface area contributed by atoms with E-state index in [0.29, 0.717) is 6.04 Å². The van der Waals surface area contributed by atoms with Crippen LogP contribution in [0.5, 0.6) is 0 Å². The summed E-state index contributed by atoms with van der Waals surface area (Å²) in [6.07, 6.45) is 0. The van der Waals surface area contributed by atoms with E-state index in [0.717, 1.165) is 41.5 Å². The van der Waals surface area contributed by atoms with Gasteiger partial charge in [-0.3, -0.25) is 0 Å². The Morgan fingerprint density at radius 2 is 2.21 bits per heavy atom. The van der Waals surface area contributed by atoms with Crippen LogP contribution in [0.25, 0.3) is 0 Å². The minimum atomic E-state index is 0.452. The maximum Gasteiger partial charge on any atom is 0.103 e. The molecule has 2 rings (SSSR count). The maximum absolute atomic E-state index is 9.49. The number of likely N-dealkylation sites (N-methyl/N-ethyl adjacent to an activating group) is 1. The van der Waals surface area contributed by atoms with Crippen LogP contribution in [-0.4, -0.2) is 43.4 Å². The number of thioether (sulfide) groups is 1. The second-order valence-electron chi connectivity index (χ2n) is 5.00. The Labute approximate surface area is 120 Å². The van der Waals surface area contributed by atoms with Crippen molar-refractivity contribution in [3.05, 3.63) is 23.8 Å². The van der Waals surface area contributed by atoms with Crippen molar-refractivity contribution in [2.75, 3.05) is 37.3 Å². The molecule has 1 atom stereocenters. The van der Waals surface area contributed by atoms with Gasteiger partial charge in [-0.2, -0.15) is 5.26 Å². The average molecular weight is 275 g/mol. The Bertz CT molecular complexity index is 481. The maximum atomic E-state index is 9.49. The Kier molecular flexibility index (Phi) is 4.73. The lowest BCUT2D eigenvalue weighted by atomic mass is 10.1. The van der Waals surface area contributed by atoms with Crippen LogP contribution in [0.1, 0.15) is 19.4 Å². The van der Waals surface area contributed by atoms with Gasteiger partial charge in [-0.05, 0) is 31.9 Å². The van der Waals surface area contributed by atoms with Crippen molar-refractivity contribution < 1.29 is 0 Å². The summed E-state index contributed by atoms with van der Waals surface area (Å²) in [7, 11) is 2.16. The van der Waals surface area contributed by atoms with E-state index in [2.05, 4.69) is 55.0 Å². The third-order valence-corrected chi connectivity index (χ3v) is 4.50. The van der Waals surface area contributed by atoms with Crippen molar-refractivity contribution in [1.82, 2.24) is 4.90 Å². The number of piperazine rings is 1. The van der Waals surface area contributed by atoms with Gasteiger partial charge in [-0.1, -0.05) is 13.0 Å². The molecule has 0 saturated carbocycles. The number of hydrogen-bond acceptors (Lipinski definition) is 4. The van der Waals surface area contributed by atoms with Crippen LogP contribution in [0.4, 0.5) is 5.69 Å². The number of nitrogens with zero attached hydrogens (tertiary/aromatic N) is 3. The molecule has 1 aromatic carbocycles. The molecule has 0 bridgehead atoms. The molecule has 1 saturated heterocycles. The van der Waals surface area contributed by atoms with E-state index >= 15 is 0 Å². The van der Waals surface area contributed by atoms with E-state index in [9.17, 15) is 5.26 Å². The molecule has 3 nitrogen and oxygen atoms in total. The molecule has 1 heterocycles. The molecule has 0 N–H and O–H groups in total. The normalized spacial score (nSPS) is 20.3. The van der Waals surface area contributed by atoms with Gasteiger partial charge in [0.05, 0.1) is 11.3 Å². The molecule has 4 heteroatoms. The summed E-state index contributed by atoms with van der Waals surface area (Å²) in [6.45, 7) is 7.45. The number of hydrogen-bond donors (Lipinski definition) is 0. The van der Waals surface area contributed by atoms with Crippen molar-refractivity contribution in [3.8, 4) is 6.07 Å². The van der Waals surface area contributed by atoms with Crippen LogP contribution >= 0.6 is 11.8 Å². The van der Waals surface area contributed by atoms with E-state index in [1.54, 1.807) is 11.8 Å². The fourth-order valence-corrected chi connectivity index (χ4v) is 3.43. The summed E-state index contributed by atoms with van der Waals surface area (Å²) in [4.78, 5) is 5.82. The zero-order valence-electron chi connectivity index (χ0n) is 11.9. The summed E-state index contributed by atoms with van der Waals surface area (Å²) in [5.41, 5.74) is 1.94. The number of rotatable bonds is 3. The predicted octanol–water partition coefficient (Wildman–Crippen LogP) is 2.81. The van der Waals surface area contributed by atoms with Gasteiger partial charge in [0.25, 0.3) is 0 Å². The van der Waals surface area contributed by atoms with Crippen LogP contribution < -0.4 is 4.90 Å². The predicted molar refractivity (Wildman–Crippen MR) is 81.9 cm³/mol. The molecule has 1 aliphatic heterocycles. The minimum Gasteiger partial charge on any atom is -0.365 e. The van der Waals surface area contributed by atoms with Gasteiger partial charge in [0.1, 0.15) is 6.07 Å². The number of nitriles is 1. The molecule has 1 aliphatic rings. The lowest BCUT2D eigenvalue weighted by Crippen LogP contribution is -2.50. The topological polar surface area (TPSA) is 30.3 Å². The first-order chi connectivity index (χ1) is 9.17. The molecule has 1 unspecified atom stereocenters. The van der Waals surface area contributed by atoms with Gasteiger partial charge in [-0.15, -0.1) is 11.8 Å². The molecule has 19 heavy (non-hydrogen) atoms. The van der Waals surface area contributed by atoms with Crippen LogP contribution in [0.15, 0.2) is 23.1 Å². The Balaban J connectivity index is 2.34. The number of anilines is 1. The van der Waals surface area contributed by atoms with Gasteiger partial charge >= 0.3 is 0 Å². The molecule has 0 amide bonds. The molecule has 0 aromatic heterocycles. The van der Waals surface area contributed by atoms with E-state index in [1.807, 2.05) is 0 Å². The van der Waals surface area contributed by atoms with Gasteiger partial charge in [0.2, 0.25) is 0 Å². The summed E-state index contributed by atoms with van der Waals surface area (Å²) in [6, 6.07) is 9.06. The van der Waals surface area contributed by atoms with Crippen LogP contribution in [-0.2, 0) is 0 Å². The van der Waals surface area contributed by atoms with Crippen molar-refractivity contribution in [3.63, 3.8) is 0 Å². The quantitative estimate of drug-likeness (QED) is 0.794. The van der Waals surface area contributed by atoms with Crippen molar-refractivity contribution in [1.29, 1.82) is 5.26 Å². The fraction of sp³-hybridized carbons (Fsp3) is 0.533. The lowest BCUT2D eigenvalue weighted by molar-refractivity contribution is 0.275. The zero-order valence-corrected chi connectivity index (χ0v) is 12.7. The first-order valence-electron chi connectivity index (χ1n) is 6.78. The highest BCUT2D eigenvalue weighted by Gasteiger charge is 2.24. The van der Waals surface area contributed by atoms with Gasteiger partial charge in [0.15, 0.2) is 0 Å². The van der Waals surface area contributed by atoms with E-state index in [-0.39, 0.29) is 0 Å². The first kappa shape index (κ1) is 14.2. The van der Waals surface area contributed by atoms with Gasteiger partial charge < -0.3 is 9.80 Å². The average Bonchev–Trinajstić information content (AvgIpc) is 2.39. The second-order valence-corrected chi connectivity index (χ2v) is 6.31. The molecule has 102 valence electrons. The highest BCUT2D eigenvalue weighted by Crippen LogP contribution is 2.31. The molecule has 1 fully saturated rings. The summed E-state index contributed by atoms with van der Waals surface area (Å²) < 4.78 is 0. The smallest absolute Gasteiger partial charge is 0.103 e. The second kappa shape index (κ2) is 6.31. The SMILES string of the molecule is CCSc1cccc(N2CCN(C)CC2C)c1C#N. The summed E-state index contributed by atoms with van der Waals surface area (Å²) in [5, 5.41) is 9.49. The van der Waals surface area contributed by atoms with E-state index in [1.165, 1.54) is 0 Å². The largest absolute Gasteiger partial charge is 0.365 e. The van der Waals surface area contributed by atoms with Gasteiger partial charge in [0, 0.05) is 30.6 Å². The molecular weight excluding hydrogens is 254 g/mol. The molecule has 0 aliphatic carbocycles. The molecule has 0 spiro atoms. The first-order valence-corrected chi connectivity index (χ1v) is 7.77. The van der Waals surface area contributed by atoms with Gasteiger partial charge in [-0.25, -0.2) is 0 Å². The van der Waals surface area contributed by atoms with Crippen molar-refractivity contribution in [2.45, 2.75) is 24.8 Å². The van der Waals surface area contributed by atoms with Crippen LogP contribution in [0.2, 0.25) is 0 Å². The number of benzene rings is 1. The van der Waals surface area contributed by atoms with Crippen molar-refractivity contribution >= 4 is 17.4 Å². The third kappa shape index (κ3) is 3.05. The molecule has 0 radical (unpaired) electrons. The molecule has 1 aromatic rings. The fourth-order valence-electron chi connectivity index (χ4n) is 2.64. The summed E-state index contributed by atoms with van der Waals surface area (Å²) in [5.74, 6) is 0.996. The third-order valence-electron chi connectivity index (χ3n) is 3.56. The minimum absolute atomic E-state index is 0.452. The standard InChI is InChI=1S/C15H21N3S/c1-4-19-15-7-5-6-14(13(15)10-16)18-9-8-17(3)11-12(18)2/h5-7,12H,4,8-9,11H2,1-3H3. The monoisotopic (exact) mass is 275 g/mol. The zero-order chi connectivity index (χ0) is 13.8. The highest BCUT2D eigenvalue weighted by molar-refractivity contribution is 7.99. The lowest BCUT2D eigenvalue weighted by Gasteiger charge is -2.40. The van der Waals surface area contributed by atoms with Crippen LogP contribution in [0.3, 0.4) is 0 Å². The Hall–Kier alpha value is -1.18. The molecular formula is C15H21N3S. The van der Waals surface area contributed by atoms with E-state index < -0.39 is 0 Å². The Morgan fingerprint density at radius 1 is 1.42 bits per heavy atom. The van der Waals surface area contributed by atoms with E-state index in [4.69, 9.17) is 0 Å². The Morgan fingerprint density at radius 3 is 2.84 bits per heavy atom. The summed E-state index contributed by atoms with van der Waals surface area (Å²) >= 11 is 1.75. The van der Waals surface area contributed by atoms with Crippen LogP contribution in [0, 0.1) is 11.3 Å². The van der Waals surface area contributed by atoms with Crippen molar-refractivity contribution in [2.24, 2.45) is 0 Å².